The lowest BCUT2D eigenvalue weighted by Gasteiger charge is -2.21. The quantitative estimate of drug-likeness (QED) is 0.0362. The van der Waals surface area contributed by atoms with Crippen molar-refractivity contribution in [3.63, 3.8) is 0 Å². The fourth-order valence-corrected chi connectivity index (χ4v) is 9.09. The van der Waals surface area contributed by atoms with Gasteiger partial charge in [0.05, 0.1) is 18.8 Å². The van der Waals surface area contributed by atoms with E-state index in [9.17, 15) is 20.1 Å². The molecule has 374 valence electrons. The van der Waals surface area contributed by atoms with Crippen molar-refractivity contribution >= 4 is 5.91 Å². The van der Waals surface area contributed by atoms with Crippen LogP contribution in [0.5, 0.6) is 0 Å². The molecule has 0 saturated heterocycles. The molecule has 3 unspecified atom stereocenters. The summed E-state index contributed by atoms with van der Waals surface area (Å²) in [6.07, 6.45) is 68.4. The zero-order chi connectivity index (χ0) is 45.8. The summed E-state index contributed by atoms with van der Waals surface area (Å²) in [5.74, 6) is -0.506. The summed E-state index contributed by atoms with van der Waals surface area (Å²) in [6.45, 7) is 4.21. The Labute approximate surface area is 394 Å². The molecular formula is C58H113NO4. The Morgan fingerprint density at radius 1 is 0.381 bits per heavy atom. The summed E-state index contributed by atoms with van der Waals surface area (Å²) >= 11 is 0. The second-order valence-electron chi connectivity index (χ2n) is 19.9. The molecule has 0 aliphatic carbocycles. The largest absolute Gasteiger partial charge is 0.394 e. The van der Waals surface area contributed by atoms with E-state index in [1.807, 2.05) is 6.08 Å². The van der Waals surface area contributed by atoms with Crippen molar-refractivity contribution in [1.29, 1.82) is 0 Å². The van der Waals surface area contributed by atoms with Crippen LogP contribution in [0.3, 0.4) is 0 Å². The highest BCUT2D eigenvalue weighted by atomic mass is 16.3. The molecular weight excluding hydrogens is 775 g/mol. The van der Waals surface area contributed by atoms with E-state index in [2.05, 4.69) is 31.3 Å². The Kier molecular flexibility index (Phi) is 52.5. The number of hydrogen-bond donors (Lipinski definition) is 4. The predicted octanol–water partition coefficient (Wildman–Crippen LogP) is 17.7. The highest BCUT2D eigenvalue weighted by molar-refractivity contribution is 5.80. The molecule has 0 aromatic heterocycles. The summed E-state index contributed by atoms with van der Waals surface area (Å²) in [6, 6.07) is -0.812. The molecule has 4 N–H and O–H groups in total. The van der Waals surface area contributed by atoms with Crippen LogP contribution < -0.4 is 5.32 Å². The third-order valence-electron chi connectivity index (χ3n) is 13.5. The molecule has 0 rings (SSSR count). The first-order valence-corrected chi connectivity index (χ1v) is 28.7. The average molecular weight is 889 g/mol. The maximum atomic E-state index is 12.6. The number of unbranched alkanes of at least 4 members (excludes halogenated alkanes) is 43. The summed E-state index contributed by atoms with van der Waals surface area (Å²) in [5.41, 5.74) is 0. The molecule has 0 saturated carbocycles. The fourth-order valence-electron chi connectivity index (χ4n) is 9.09. The summed E-state index contributed by atoms with van der Waals surface area (Å²) in [7, 11) is 0. The number of carbonyl (C=O) groups excluding carboxylic acids is 1. The number of amides is 1. The molecule has 0 radical (unpaired) electrons. The Balaban J connectivity index is 3.56. The van der Waals surface area contributed by atoms with E-state index < -0.39 is 24.2 Å². The lowest BCUT2D eigenvalue weighted by molar-refractivity contribution is -0.131. The van der Waals surface area contributed by atoms with Crippen molar-refractivity contribution in [2.75, 3.05) is 6.61 Å². The Hall–Kier alpha value is -1.17. The number of rotatable bonds is 53. The standard InChI is InChI=1S/C58H113NO4/c1-3-5-7-9-11-13-15-17-19-21-23-25-27-28-29-30-31-33-35-37-39-41-43-45-47-49-51-53-57(62)58(63)59-55(54-60)56(61)52-50-48-46-44-42-40-38-36-34-32-26-24-22-20-18-16-14-12-10-8-6-4-2/h42,44,50,52,55-57,60-62H,3-41,43,45-49,51,53-54H2,1-2H3,(H,59,63)/b44-42+,52-50+. The van der Waals surface area contributed by atoms with Crippen LogP contribution in [0.2, 0.25) is 0 Å². The van der Waals surface area contributed by atoms with Crippen molar-refractivity contribution in [3.05, 3.63) is 24.3 Å². The van der Waals surface area contributed by atoms with Gasteiger partial charge in [0.1, 0.15) is 6.10 Å². The first-order valence-electron chi connectivity index (χ1n) is 28.7. The molecule has 0 fully saturated rings. The van der Waals surface area contributed by atoms with Crippen LogP contribution in [0, 0.1) is 0 Å². The van der Waals surface area contributed by atoms with Gasteiger partial charge in [0.25, 0.3) is 0 Å². The van der Waals surface area contributed by atoms with Crippen LogP contribution in [0.15, 0.2) is 24.3 Å². The van der Waals surface area contributed by atoms with E-state index in [1.165, 1.54) is 257 Å². The Morgan fingerprint density at radius 3 is 0.968 bits per heavy atom. The van der Waals surface area contributed by atoms with Gasteiger partial charge in [-0.05, 0) is 32.1 Å². The first kappa shape index (κ1) is 61.8. The average Bonchev–Trinajstić information content (AvgIpc) is 3.29. The SMILES string of the molecule is CCCCCCCCCCCCCCCCCC/C=C/CC/C=C/C(O)C(CO)NC(=O)C(O)CCCCCCCCCCCCCCCCCCCCCCCCCCCCC. The van der Waals surface area contributed by atoms with E-state index >= 15 is 0 Å². The Morgan fingerprint density at radius 2 is 0.651 bits per heavy atom. The van der Waals surface area contributed by atoms with Crippen LogP contribution in [-0.2, 0) is 4.79 Å². The second-order valence-corrected chi connectivity index (χ2v) is 19.9. The van der Waals surface area contributed by atoms with Crippen LogP contribution in [-0.4, -0.2) is 46.1 Å². The normalized spacial score (nSPS) is 13.4. The van der Waals surface area contributed by atoms with E-state index in [0.717, 1.165) is 38.5 Å². The van der Waals surface area contributed by atoms with Gasteiger partial charge in [-0.1, -0.05) is 308 Å². The minimum atomic E-state index is -1.10. The summed E-state index contributed by atoms with van der Waals surface area (Å²) in [5, 5.41) is 33.4. The van der Waals surface area contributed by atoms with Crippen molar-refractivity contribution in [2.45, 2.75) is 334 Å². The number of carbonyl (C=O) groups is 1. The molecule has 5 heteroatoms. The number of aliphatic hydroxyl groups is 3. The van der Waals surface area contributed by atoms with Crippen LogP contribution in [0.4, 0.5) is 0 Å². The van der Waals surface area contributed by atoms with Crippen molar-refractivity contribution in [3.8, 4) is 0 Å². The van der Waals surface area contributed by atoms with Gasteiger partial charge in [-0.15, -0.1) is 0 Å². The van der Waals surface area contributed by atoms with Crippen molar-refractivity contribution in [2.24, 2.45) is 0 Å². The smallest absolute Gasteiger partial charge is 0.249 e. The Bertz CT molecular complexity index is 936. The van der Waals surface area contributed by atoms with Crippen molar-refractivity contribution < 1.29 is 20.1 Å². The third kappa shape index (κ3) is 48.6. The highest BCUT2D eigenvalue weighted by Gasteiger charge is 2.22. The number of hydrogen-bond acceptors (Lipinski definition) is 4. The molecule has 3 atom stereocenters. The minimum absolute atomic E-state index is 0.372. The predicted molar refractivity (Wildman–Crippen MR) is 278 cm³/mol. The second kappa shape index (κ2) is 53.4. The van der Waals surface area contributed by atoms with Gasteiger partial charge in [-0.25, -0.2) is 0 Å². The zero-order valence-corrected chi connectivity index (χ0v) is 42.7. The van der Waals surface area contributed by atoms with Crippen LogP contribution in [0.1, 0.15) is 316 Å². The van der Waals surface area contributed by atoms with Gasteiger partial charge in [-0.3, -0.25) is 4.79 Å². The topological polar surface area (TPSA) is 89.8 Å². The molecule has 63 heavy (non-hydrogen) atoms. The maximum Gasteiger partial charge on any atom is 0.249 e. The fraction of sp³-hybridized carbons (Fsp3) is 0.914. The zero-order valence-electron chi connectivity index (χ0n) is 42.7. The molecule has 5 nitrogen and oxygen atoms in total. The van der Waals surface area contributed by atoms with Gasteiger partial charge in [0, 0.05) is 0 Å². The molecule has 0 aromatic carbocycles. The van der Waals surface area contributed by atoms with Gasteiger partial charge < -0.3 is 20.6 Å². The maximum absolute atomic E-state index is 12.6. The number of allylic oxidation sites excluding steroid dienone is 3. The van der Waals surface area contributed by atoms with Crippen molar-refractivity contribution in [1.82, 2.24) is 5.32 Å². The molecule has 0 heterocycles. The minimum Gasteiger partial charge on any atom is -0.394 e. The van der Waals surface area contributed by atoms with E-state index in [4.69, 9.17) is 0 Å². The van der Waals surface area contributed by atoms with Gasteiger partial charge >= 0.3 is 0 Å². The van der Waals surface area contributed by atoms with Gasteiger partial charge in [-0.2, -0.15) is 0 Å². The first-order chi connectivity index (χ1) is 31.1. The van der Waals surface area contributed by atoms with Gasteiger partial charge in [0.15, 0.2) is 0 Å². The van der Waals surface area contributed by atoms with E-state index in [-0.39, 0.29) is 6.61 Å². The van der Waals surface area contributed by atoms with Crippen LogP contribution >= 0.6 is 0 Å². The van der Waals surface area contributed by atoms with Gasteiger partial charge in [0.2, 0.25) is 5.91 Å². The molecule has 0 spiro atoms. The number of aliphatic hydroxyl groups excluding tert-OH is 3. The monoisotopic (exact) mass is 888 g/mol. The summed E-state index contributed by atoms with van der Waals surface area (Å²) in [4.78, 5) is 12.6. The highest BCUT2D eigenvalue weighted by Crippen LogP contribution is 2.18. The van der Waals surface area contributed by atoms with E-state index in [1.54, 1.807) is 6.08 Å². The van der Waals surface area contributed by atoms with Crippen LogP contribution in [0.25, 0.3) is 0 Å². The molecule has 0 aliphatic heterocycles. The van der Waals surface area contributed by atoms with E-state index in [0.29, 0.717) is 6.42 Å². The third-order valence-corrected chi connectivity index (χ3v) is 13.5. The lowest BCUT2D eigenvalue weighted by Crippen LogP contribution is -2.48. The molecule has 0 bridgehead atoms. The lowest BCUT2D eigenvalue weighted by atomic mass is 10.0. The molecule has 1 amide bonds. The molecule has 0 aromatic rings. The number of nitrogens with one attached hydrogen (secondary N) is 1. The summed E-state index contributed by atoms with van der Waals surface area (Å²) < 4.78 is 0. The molecule has 0 aliphatic rings.